The van der Waals surface area contributed by atoms with Crippen LogP contribution in [-0.2, 0) is 35.2 Å². The fourth-order valence-corrected chi connectivity index (χ4v) is 6.73. The van der Waals surface area contributed by atoms with Crippen LogP contribution in [0.1, 0.15) is 32.3 Å². The van der Waals surface area contributed by atoms with Gasteiger partial charge in [-0.05, 0) is 24.6 Å². The van der Waals surface area contributed by atoms with E-state index in [1.165, 1.54) is 31.2 Å². The molecule has 4 rings (SSSR count). The molecule has 3 aliphatic heterocycles. The summed E-state index contributed by atoms with van der Waals surface area (Å²) in [6.07, 6.45) is -11.6. The summed E-state index contributed by atoms with van der Waals surface area (Å²) >= 11 is 0. The maximum atomic E-state index is 13.8. The zero-order valence-corrected chi connectivity index (χ0v) is 29.6. The maximum Gasteiger partial charge on any atom is 0.248 e. The van der Waals surface area contributed by atoms with Gasteiger partial charge in [0.05, 0.1) is 37.1 Å². The van der Waals surface area contributed by atoms with Gasteiger partial charge in [0.25, 0.3) is 0 Å². The Morgan fingerprint density at radius 2 is 1.43 bits per heavy atom. The Balaban J connectivity index is 1.75. The van der Waals surface area contributed by atoms with Gasteiger partial charge in [-0.15, -0.1) is 0 Å². The van der Waals surface area contributed by atoms with E-state index in [1.54, 1.807) is 0 Å². The van der Waals surface area contributed by atoms with Crippen molar-refractivity contribution in [2.75, 3.05) is 19.7 Å². The first-order chi connectivity index (χ1) is 25.3. The highest BCUT2D eigenvalue weighted by Crippen LogP contribution is 2.26. The third-order valence-corrected chi connectivity index (χ3v) is 9.82. The van der Waals surface area contributed by atoms with Crippen LogP contribution in [0.2, 0.25) is 0 Å². The SMILES string of the molecule is C[C@@H](O)[C@@H]1NC(=O)[C@H](N)C[C@@H](O)[C@H](O)NC(=O)[C@@H]2[C@@H](O)[C@@H](C)CN2C(=O)[C@H](CO)NC(=O)[C@H]([C@@H](O)Cc2ccc(O)cc2)NC(=O)[C@@H]2C[C@@H](O)CN2C1=O. The minimum Gasteiger partial charge on any atom is -0.508 e. The molecule has 3 saturated heterocycles. The van der Waals surface area contributed by atoms with Crippen LogP contribution >= 0.6 is 0 Å². The van der Waals surface area contributed by atoms with Crippen LogP contribution < -0.4 is 27.0 Å². The number of nitrogens with zero attached hydrogens (tertiary/aromatic N) is 2. The van der Waals surface area contributed by atoms with Gasteiger partial charge in [-0.2, -0.15) is 0 Å². The number of aromatic hydroxyl groups is 1. The molecule has 14 N–H and O–H groups in total. The minimum atomic E-state index is -2.10. The Labute approximate surface area is 309 Å². The average molecular weight is 768 g/mol. The number of phenolic OH excluding ortho intramolecular Hbond substituents is 1. The Bertz CT molecular complexity index is 1550. The molecule has 0 spiro atoms. The van der Waals surface area contributed by atoms with Crippen molar-refractivity contribution >= 4 is 35.4 Å². The van der Waals surface area contributed by atoms with Crippen molar-refractivity contribution in [1.82, 2.24) is 31.1 Å². The van der Waals surface area contributed by atoms with Crippen LogP contribution in [0.3, 0.4) is 0 Å². The molecule has 21 nitrogen and oxygen atoms in total. The zero-order chi connectivity index (χ0) is 40.2. The van der Waals surface area contributed by atoms with Gasteiger partial charge in [0.15, 0.2) is 6.23 Å². The van der Waals surface area contributed by atoms with Crippen LogP contribution in [0, 0.1) is 5.92 Å². The highest BCUT2D eigenvalue weighted by atomic mass is 16.3. The fourth-order valence-electron chi connectivity index (χ4n) is 6.73. The van der Waals surface area contributed by atoms with E-state index < -0.39 is 134 Å². The second-order valence-corrected chi connectivity index (χ2v) is 14.1. The van der Waals surface area contributed by atoms with Gasteiger partial charge in [0, 0.05) is 38.3 Å². The number of rotatable bonds is 5. The highest BCUT2D eigenvalue weighted by molar-refractivity contribution is 5.97. The number of carbonyl (C=O) groups is 6. The number of nitrogens with one attached hydrogen (secondary N) is 4. The molecule has 13 atom stereocenters. The topological polar surface area (TPSA) is 345 Å². The second kappa shape index (κ2) is 17.8. The molecule has 54 heavy (non-hydrogen) atoms. The Morgan fingerprint density at radius 3 is 2.04 bits per heavy atom. The van der Waals surface area contributed by atoms with Gasteiger partial charge in [-0.3, -0.25) is 28.8 Å². The quantitative estimate of drug-likeness (QED) is 0.132. The first-order valence-electron chi connectivity index (χ1n) is 17.4. The fraction of sp³-hybridized carbons (Fsp3) is 0.636. The van der Waals surface area contributed by atoms with E-state index in [2.05, 4.69) is 21.3 Å². The van der Waals surface area contributed by atoms with Crippen molar-refractivity contribution in [2.45, 2.75) is 106 Å². The lowest BCUT2D eigenvalue weighted by atomic mass is 10.00. The molecule has 1 aromatic carbocycles. The summed E-state index contributed by atoms with van der Waals surface area (Å²) in [6, 6.07) is -4.88. The van der Waals surface area contributed by atoms with Gasteiger partial charge >= 0.3 is 0 Å². The maximum absolute atomic E-state index is 13.8. The Morgan fingerprint density at radius 1 is 0.796 bits per heavy atom. The molecule has 0 aromatic heterocycles. The molecule has 0 aliphatic carbocycles. The smallest absolute Gasteiger partial charge is 0.248 e. The normalized spacial score (nSPS) is 34.8. The summed E-state index contributed by atoms with van der Waals surface area (Å²) in [5, 5.41) is 93.2. The van der Waals surface area contributed by atoms with Gasteiger partial charge in [0.2, 0.25) is 35.4 Å². The van der Waals surface area contributed by atoms with Crippen LogP contribution in [0.25, 0.3) is 0 Å². The first-order valence-corrected chi connectivity index (χ1v) is 17.4. The lowest BCUT2D eigenvalue weighted by molar-refractivity contribution is -0.147. The van der Waals surface area contributed by atoms with Gasteiger partial charge < -0.3 is 77.7 Å². The summed E-state index contributed by atoms with van der Waals surface area (Å²) in [4.78, 5) is 83.3. The van der Waals surface area contributed by atoms with Gasteiger partial charge in [0.1, 0.15) is 42.1 Å². The summed E-state index contributed by atoms with van der Waals surface area (Å²) in [7, 11) is 0. The third kappa shape index (κ3) is 9.60. The van der Waals surface area contributed by atoms with Crippen LogP contribution in [0.4, 0.5) is 0 Å². The second-order valence-electron chi connectivity index (χ2n) is 14.1. The molecule has 3 heterocycles. The number of hydrogen-bond donors (Lipinski definition) is 13. The molecule has 6 amide bonds. The first kappa shape index (κ1) is 42.3. The van der Waals surface area contributed by atoms with Crippen molar-refractivity contribution in [3.05, 3.63) is 29.8 Å². The summed E-state index contributed by atoms with van der Waals surface area (Å²) in [5.74, 6) is -7.50. The summed E-state index contributed by atoms with van der Waals surface area (Å²) < 4.78 is 0. The standard InChI is InChI=1S/C33H49N7O14/c1-13-10-40-25(26(13)47)31(52)38-29(50)22(46)9-18(34)27(48)36-23(14(2)42)33(54)39-11-17(44)8-20(39)28(49)37-24(30(51)35-19(12-41)32(40)53)21(45)7-15-3-5-16(43)6-4-15/h3-6,13-14,17-26,29,41-47,50H,7-12,34H2,1-2H3,(H,35,51)(H,36,48)(H,37,49)(H,38,52)/t13-,14+,17+,18+,19-,20-,21-,22+,23-,24-,25-,26-,29-/m0/s1. The van der Waals surface area contributed by atoms with E-state index in [1.807, 2.05) is 0 Å². The number of aliphatic hydroxyl groups excluding tert-OH is 7. The molecule has 0 radical (unpaired) electrons. The van der Waals surface area contributed by atoms with E-state index >= 15 is 0 Å². The van der Waals surface area contributed by atoms with Crippen LogP contribution in [0.5, 0.6) is 5.75 Å². The molecule has 0 bridgehead atoms. The molecular formula is C33H49N7O14. The molecule has 0 unspecified atom stereocenters. The highest BCUT2D eigenvalue weighted by Gasteiger charge is 2.49. The van der Waals surface area contributed by atoms with Gasteiger partial charge in [-0.1, -0.05) is 19.1 Å². The molecule has 3 aliphatic rings. The van der Waals surface area contributed by atoms with Crippen molar-refractivity contribution in [1.29, 1.82) is 0 Å². The molecule has 0 saturated carbocycles. The number of hydrogen-bond acceptors (Lipinski definition) is 15. The van der Waals surface area contributed by atoms with E-state index in [-0.39, 0.29) is 25.1 Å². The number of aliphatic hydroxyl groups is 7. The predicted octanol–water partition coefficient (Wildman–Crippen LogP) is -7.18. The number of phenols is 1. The molecular weight excluding hydrogens is 718 g/mol. The van der Waals surface area contributed by atoms with E-state index in [4.69, 9.17) is 5.73 Å². The van der Waals surface area contributed by atoms with Crippen molar-refractivity contribution < 1.29 is 69.6 Å². The Hall–Kier alpha value is -4.48. The molecule has 1 aromatic rings. The largest absolute Gasteiger partial charge is 0.508 e. The van der Waals surface area contributed by atoms with Gasteiger partial charge in [-0.25, -0.2) is 0 Å². The van der Waals surface area contributed by atoms with Crippen molar-refractivity contribution in [2.24, 2.45) is 11.7 Å². The number of amides is 6. The lowest BCUT2D eigenvalue weighted by Crippen LogP contribution is -2.63. The molecule has 21 heteroatoms. The van der Waals surface area contributed by atoms with E-state index in [9.17, 15) is 69.6 Å². The lowest BCUT2D eigenvalue weighted by Gasteiger charge is -2.32. The average Bonchev–Trinajstić information content (AvgIpc) is 3.66. The number of benzene rings is 1. The van der Waals surface area contributed by atoms with Crippen molar-refractivity contribution in [3.63, 3.8) is 0 Å². The number of fused-ring (bicyclic) bond motifs is 2. The third-order valence-electron chi connectivity index (χ3n) is 9.82. The predicted molar refractivity (Wildman–Crippen MR) is 182 cm³/mol. The summed E-state index contributed by atoms with van der Waals surface area (Å²) in [6.45, 7) is 0.855. The van der Waals surface area contributed by atoms with E-state index in [0.29, 0.717) is 5.56 Å². The Kier molecular flexibility index (Phi) is 13.9. The molecule has 300 valence electrons. The van der Waals surface area contributed by atoms with Crippen molar-refractivity contribution in [3.8, 4) is 5.75 Å². The van der Waals surface area contributed by atoms with Crippen LogP contribution in [-0.4, -0.2) is 179 Å². The molecule has 3 fully saturated rings. The monoisotopic (exact) mass is 767 g/mol. The number of carbonyl (C=O) groups excluding carboxylic acids is 6. The zero-order valence-electron chi connectivity index (χ0n) is 29.6. The number of nitrogens with two attached hydrogens (primary N) is 1. The minimum absolute atomic E-state index is 0.0982. The summed E-state index contributed by atoms with van der Waals surface area (Å²) in [5.41, 5.74) is 6.32. The van der Waals surface area contributed by atoms with E-state index in [0.717, 1.165) is 16.7 Å². The van der Waals surface area contributed by atoms with Crippen LogP contribution in [0.15, 0.2) is 24.3 Å².